The maximum Gasteiger partial charge on any atom is 0.306 e. The molecule has 0 N–H and O–H groups in total. The Kier molecular flexibility index (Phi) is 50.0. The Balaban J connectivity index is 4.28. The Labute approximate surface area is 412 Å². The number of unbranched alkanes of at least 4 members (excludes halogenated alkanes) is 35. The molecule has 0 heterocycles. The standard InChI is InChI=1S/C60H116O6/c1-7-56(6)48-42-36-30-26-27-32-38-44-50-59(62)65-53-57(66-60(63)51-45-39-33-25-21-17-13-9-11-15-19-23-29-35-41-47-55(4)5)52-64-58(61)49-43-37-31-24-20-16-12-8-10-14-18-22-28-34-40-46-54(2)3/h54-57H,7-53H2,1-6H3/t56?,57-/m0/s1. The highest BCUT2D eigenvalue weighted by molar-refractivity contribution is 5.71. The first-order chi connectivity index (χ1) is 32.1. The largest absolute Gasteiger partial charge is 0.462 e. The zero-order chi connectivity index (χ0) is 48.4. The van der Waals surface area contributed by atoms with Crippen molar-refractivity contribution in [3.8, 4) is 0 Å². The molecule has 0 fully saturated rings. The summed E-state index contributed by atoms with van der Waals surface area (Å²) in [6.07, 6.45) is 53.8. The van der Waals surface area contributed by atoms with Crippen molar-refractivity contribution < 1.29 is 28.6 Å². The number of hydrogen-bond donors (Lipinski definition) is 0. The first kappa shape index (κ1) is 64.4. The molecule has 6 heteroatoms. The molecular formula is C60H116O6. The smallest absolute Gasteiger partial charge is 0.306 e. The molecule has 0 radical (unpaired) electrons. The average molecular weight is 934 g/mol. The number of hydrogen-bond acceptors (Lipinski definition) is 6. The van der Waals surface area contributed by atoms with Gasteiger partial charge in [-0.05, 0) is 37.0 Å². The molecule has 0 saturated carbocycles. The Hall–Kier alpha value is -1.59. The van der Waals surface area contributed by atoms with E-state index < -0.39 is 6.10 Å². The maximum atomic E-state index is 12.9. The Morgan fingerprint density at radius 2 is 0.530 bits per heavy atom. The molecule has 392 valence electrons. The Bertz CT molecular complexity index is 1020. The lowest BCUT2D eigenvalue weighted by atomic mass is 9.99. The molecule has 1 unspecified atom stereocenters. The van der Waals surface area contributed by atoms with Gasteiger partial charge in [0.2, 0.25) is 0 Å². The summed E-state index contributed by atoms with van der Waals surface area (Å²) in [6.45, 7) is 13.8. The summed E-state index contributed by atoms with van der Waals surface area (Å²) in [5.74, 6) is 1.70. The third-order valence-electron chi connectivity index (χ3n) is 14.0. The van der Waals surface area contributed by atoms with E-state index in [9.17, 15) is 14.4 Å². The highest BCUT2D eigenvalue weighted by Crippen LogP contribution is 2.19. The molecule has 0 saturated heterocycles. The zero-order valence-corrected chi connectivity index (χ0v) is 45.5. The van der Waals surface area contributed by atoms with Gasteiger partial charge in [-0.3, -0.25) is 14.4 Å². The minimum absolute atomic E-state index is 0.0635. The summed E-state index contributed by atoms with van der Waals surface area (Å²) in [6, 6.07) is 0. The van der Waals surface area contributed by atoms with E-state index in [2.05, 4.69) is 41.5 Å². The summed E-state index contributed by atoms with van der Waals surface area (Å²) in [7, 11) is 0. The minimum atomic E-state index is -0.764. The molecule has 0 aliphatic heterocycles. The van der Waals surface area contributed by atoms with Crippen LogP contribution in [0.4, 0.5) is 0 Å². The van der Waals surface area contributed by atoms with Gasteiger partial charge in [-0.1, -0.05) is 292 Å². The molecule has 66 heavy (non-hydrogen) atoms. The van der Waals surface area contributed by atoms with E-state index in [1.807, 2.05) is 0 Å². The van der Waals surface area contributed by atoms with Gasteiger partial charge in [-0.2, -0.15) is 0 Å². The normalized spacial score (nSPS) is 12.5. The van der Waals surface area contributed by atoms with Crippen molar-refractivity contribution >= 4 is 17.9 Å². The fourth-order valence-corrected chi connectivity index (χ4v) is 9.14. The fourth-order valence-electron chi connectivity index (χ4n) is 9.14. The average Bonchev–Trinajstić information content (AvgIpc) is 3.29. The third-order valence-corrected chi connectivity index (χ3v) is 14.0. The van der Waals surface area contributed by atoms with Crippen molar-refractivity contribution in [2.75, 3.05) is 13.2 Å². The Morgan fingerprint density at radius 1 is 0.303 bits per heavy atom. The fraction of sp³-hybridized carbons (Fsp3) is 0.950. The van der Waals surface area contributed by atoms with E-state index in [-0.39, 0.29) is 31.1 Å². The molecule has 0 spiro atoms. The van der Waals surface area contributed by atoms with Gasteiger partial charge in [0.15, 0.2) is 6.10 Å². The summed E-state index contributed by atoms with van der Waals surface area (Å²) in [5.41, 5.74) is 0. The molecule has 0 aromatic rings. The van der Waals surface area contributed by atoms with Crippen LogP contribution in [0.3, 0.4) is 0 Å². The van der Waals surface area contributed by atoms with Crippen LogP contribution in [-0.4, -0.2) is 37.2 Å². The van der Waals surface area contributed by atoms with Crippen molar-refractivity contribution in [2.24, 2.45) is 17.8 Å². The number of carbonyl (C=O) groups is 3. The second kappa shape index (κ2) is 51.3. The molecule has 0 amide bonds. The van der Waals surface area contributed by atoms with Gasteiger partial charge in [0.1, 0.15) is 13.2 Å². The topological polar surface area (TPSA) is 78.9 Å². The van der Waals surface area contributed by atoms with Gasteiger partial charge in [0, 0.05) is 19.3 Å². The molecule has 0 aliphatic carbocycles. The van der Waals surface area contributed by atoms with Crippen LogP contribution < -0.4 is 0 Å². The quantitative estimate of drug-likeness (QED) is 0.0343. The molecular weight excluding hydrogens is 817 g/mol. The summed E-state index contributed by atoms with van der Waals surface area (Å²) >= 11 is 0. The van der Waals surface area contributed by atoms with E-state index >= 15 is 0 Å². The molecule has 0 aliphatic rings. The lowest BCUT2D eigenvalue weighted by molar-refractivity contribution is -0.167. The lowest BCUT2D eigenvalue weighted by Gasteiger charge is -2.18. The molecule has 0 aromatic heterocycles. The van der Waals surface area contributed by atoms with Crippen LogP contribution in [-0.2, 0) is 28.6 Å². The van der Waals surface area contributed by atoms with Gasteiger partial charge < -0.3 is 14.2 Å². The van der Waals surface area contributed by atoms with Gasteiger partial charge in [-0.15, -0.1) is 0 Å². The van der Waals surface area contributed by atoms with E-state index in [0.717, 1.165) is 75.5 Å². The first-order valence-electron chi connectivity index (χ1n) is 29.6. The Morgan fingerprint density at radius 3 is 0.788 bits per heavy atom. The summed E-state index contributed by atoms with van der Waals surface area (Å²) in [5, 5.41) is 0. The highest BCUT2D eigenvalue weighted by atomic mass is 16.6. The van der Waals surface area contributed by atoms with Crippen molar-refractivity contribution in [1.29, 1.82) is 0 Å². The maximum absolute atomic E-state index is 12.9. The van der Waals surface area contributed by atoms with Crippen molar-refractivity contribution in [3.05, 3.63) is 0 Å². The van der Waals surface area contributed by atoms with Crippen LogP contribution >= 0.6 is 0 Å². The van der Waals surface area contributed by atoms with Crippen LogP contribution in [0.15, 0.2) is 0 Å². The molecule has 2 atom stereocenters. The monoisotopic (exact) mass is 933 g/mol. The predicted molar refractivity (Wildman–Crippen MR) is 284 cm³/mol. The molecule has 0 bridgehead atoms. The molecule has 0 aromatic carbocycles. The van der Waals surface area contributed by atoms with Crippen molar-refractivity contribution in [1.82, 2.24) is 0 Å². The predicted octanol–water partition coefficient (Wildman–Crippen LogP) is 19.5. The van der Waals surface area contributed by atoms with E-state index in [1.165, 1.54) is 212 Å². The van der Waals surface area contributed by atoms with Crippen molar-refractivity contribution in [3.63, 3.8) is 0 Å². The number of ether oxygens (including phenoxy) is 3. The second-order valence-corrected chi connectivity index (χ2v) is 21.8. The first-order valence-corrected chi connectivity index (χ1v) is 29.6. The van der Waals surface area contributed by atoms with Crippen molar-refractivity contribution in [2.45, 2.75) is 337 Å². The number of rotatable bonds is 53. The molecule has 0 rings (SSSR count). The lowest BCUT2D eigenvalue weighted by Crippen LogP contribution is -2.30. The van der Waals surface area contributed by atoms with Crippen LogP contribution in [0, 0.1) is 17.8 Å². The molecule has 6 nitrogen and oxygen atoms in total. The number of carbonyl (C=O) groups excluding carboxylic acids is 3. The van der Waals surface area contributed by atoms with Gasteiger partial charge in [-0.25, -0.2) is 0 Å². The summed E-state index contributed by atoms with van der Waals surface area (Å²) in [4.78, 5) is 38.2. The second-order valence-electron chi connectivity index (χ2n) is 21.8. The van der Waals surface area contributed by atoms with Gasteiger partial charge >= 0.3 is 17.9 Å². The van der Waals surface area contributed by atoms with Crippen LogP contribution in [0.25, 0.3) is 0 Å². The van der Waals surface area contributed by atoms with E-state index in [1.54, 1.807) is 0 Å². The summed E-state index contributed by atoms with van der Waals surface area (Å²) < 4.78 is 16.9. The minimum Gasteiger partial charge on any atom is -0.462 e. The zero-order valence-electron chi connectivity index (χ0n) is 45.5. The van der Waals surface area contributed by atoms with Gasteiger partial charge in [0.25, 0.3) is 0 Å². The van der Waals surface area contributed by atoms with Crippen LogP contribution in [0.1, 0.15) is 330 Å². The SMILES string of the molecule is CCC(C)CCCCCCCCCCC(=O)OC[C@H](COC(=O)CCCCCCCCCCCCCCCCCC(C)C)OC(=O)CCCCCCCCCCCCCCCCCC(C)C. The van der Waals surface area contributed by atoms with E-state index in [4.69, 9.17) is 14.2 Å². The number of esters is 3. The van der Waals surface area contributed by atoms with E-state index in [0.29, 0.717) is 19.3 Å². The van der Waals surface area contributed by atoms with Crippen LogP contribution in [0.2, 0.25) is 0 Å². The third kappa shape index (κ3) is 51.8. The van der Waals surface area contributed by atoms with Gasteiger partial charge in [0.05, 0.1) is 0 Å². The van der Waals surface area contributed by atoms with Crippen LogP contribution in [0.5, 0.6) is 0 Å². The highest BCUT2D eigenvalue weighted by Gasteiger charge is 2.19.